The Kier molecular flexibility index (Phi) is 11.4. The number of nitrogens with zero attached hydrogens (tertiary/aromatic N) is 3. The molecule has 0 bridgehead atoms. The van der Waals surface area contributed by atoms with Gasteiger partial charge in [0.05, 0.1) is 42.7 Å². The number of amides is 1. The van der Waals surface area contributed by atoms with Crippen molar-refractivity contribution in [3.05, 3.63) is 72.9 Å². The summed E-state index contributed by atoms with van der Waals surface area (Å²) in [5, 5.41) is 6.59. The van der Waals surface area contributed by atoms with Gasteiger partial charge in [0.15, 0.2) is 0 Å². The number of aromatic nitrogens is 1. The number of nitrogens with one attached hydrogen (secondary N) is 1. The summed E-state index contributed by atoms with van der Waals surface area (Å²) in [6, 6.07) is 4.98. The summed E-state index contributed by atoms with van der Waals surface area (Å²) in [5.74, 6) is -2.52. The standard InChI is InChI=1S/C33H41Cl2N5O5S/c1-44-31(42)28-23(8-9-25-37-12-17-46-25)38-24(29(32(43)45-2)30(28)27-21(34)6-5-7-22(27)35)18-26(41)40-15-13-39(14-16-40)20-33(19-36)10-3-4-11-33/h5-7,12,17,30,38H,3-4,8-11,13-16,18-20,36H2,1-2H3. The second-order valence-electron chi connectivity index (χ2n) is 12.1. The number of rotatable bonds is 11. The third-order valence-corrected chi connectivity index (χ3v) is 10.9. The molecular formula is C33H41Cl2N5O5S. The first-order chi connectivity index (χ1) is 22.2. The molecule has 0 spiro atoms. The average Bonchev–Trinajstić information content (AvgIpc) is 3.76. The predicted molar refractivity (Wildman–Crippen MR) is 178 cm³/mol. The van der Waals surface area contributed by atoms with Crippen LogP contribution in [0, 0.1) is 5.41 Å². The monoisotopic (exact) mass is 689 g/mol. The van der Waals surface area contributed by atoms with Crippen LogP contribution in [-0.2, 0) is 30.3 Å². The molecular weight excluding hydrogens is 649 g/mol. The van der Waals surface area contributed by atoms with Gasteiger partial charge < -0.3 is 25.4 Å². The first-order valence-corrected chi connectivity index (χ1v) is 17.3. The van der Waals surface area contributed by atoms with Gasteiger partial charge in [0.2, 0.25) is 5.91 Å². The molecule has 248 valence electrons. The lowest BCUT2D eigenvalue weighted by Gasteiger charge is -2.40. The van der Waals surface area contributed by atoms with Gasteiger partial charge in [-0.15, -0.1) is 11.3 Å². The maximum Gasteiger partial charge on any atom is 0.336 e. The number of nitrogens with two attached hydrogens (primary N) is 1. The summed E-state index contributed by atoms with van der Waals surface area (Å²) < 4.78 is 10.5. The van der Waals surface area contributed by atoms with E-state index in [1.807, 2.05) is 10.3 Å². The molecule has 3 heterocycles. The number of carbonyl (C=O) groups excluding carboxylic acids is 3. The molecule has 3 N–H and O–H groups in total. The number of halogens is 2. The van der Waals surface area contributed by atoms with Crippen molar-refractivity contribution in [1.82, 2.24) is 20.1 Å². The summed E-state index contributed by atoms with van der Waals surface area (Å²) in [5.41, 5.74) is 7.85. The van der Waals surface area contributed by atoms with Crippen LogP contribution in [0.15, 0.2) is 52.3 Å². The van der Waals surface area contributed by atoms with E-state index >= 15 is 0 Å². The third-order valence-electron chi connectivity index (χ3n) is 9.41. The zero-order chi connectivity index (χ0) is 32.8. The fourth-order valence-electron chi connectivity index (χ4n) is 6.98. The van der Waals surface area contributed by atoms with Crippen molar-refractivity contribution in [3.63, 3.8) is 0 Å². The molecule has 1 saturated carbocycles. The van der Waals surface area contributed by atoms with E-state index in [9.17, 15) is 14.4 Å². The van der Waals surface area contributed by atoms with Crippen molar-refractivity contribution < 1.29 is 23.9 Å². The molecule has 0 radical (unpaired) electrons. The lowest BCUT2D eigenvalue weighted by Crippen LogP contribution is -2.52. The van der Waals surface area contributed by atoms with Crippen LogP contribution in [0.25, 0.3) is 0 Å². The maximum absolute atomic E-state index is 13.9. The molecule has 1 aromatic carbocycles. The fourth-order valence-corrected chi connectivity index (χ4v) is 8.21. The van der Waals surface area contributed by atoms with Crippen molar-refractivity contribution in [3.8, 4) is 0 Å². The molecule has 13 heteroatoms. The highest BCUT2D eigenvalue weighted by Gasteiger charge is 2.42. The Morgan fingerprint density at radius 3 is 2.20 bits per heavy atom. The van der Waals surface area contributed by atoms with E-state index in [0.717, 1.165) is 37.5 Å². The Morgan fingerprint density at radius 1 is 1.00 bits per heavy atom. The molecule has 1 atom stereocenters. The molecule has 1 amide bonds. The summed E-state index contributed by atoms with van der Waals surface area (Å²) in [4.78, 5) is 49.6. The molecule has 5 rings (SSSR count). The topological polar surface area (TPSA) is 127 Å². The Morgan fingerprint density at radius 2 is 1.63 bits per heavy atom. The molecule has 3 aliphatic rings. The largest absolute Gasteiger partial charge is 0.466 e. The number of ether oxygens (including phenoxy) is 2. The number of esters is 2. The van der Waals surface area contributed by atoms with E-state index in [1.54, 1.807) is 24.4 Å². The van der Waals surface area contributed by atoms with E-state index in [1.165, 1.54) is 38.4 Å². The summed E-state index contributed by atoms with van der Waals surface area (Å²) in [6.45, 7) is 4.29. The first kappa shape index (κ1) is 34.4. The number of thiazole rings is 1. The van der Waals surface area contributed by atoms with Crippen LogP contribution >= 0.6 is 34.5 Å². The highest BCUT2D eigenvalue weighted by atomic mass is 35.5. The van der Waals surface area contributed by atoms with E-state index < -0.39 is 17.9 Å². The molecule has 1 saturated heterocycles. The normalized spacial score (nSPS) is 20.1. The van der Waals surface area contributed by atoms with Crippen molar-refractivity contribution >= 4 is 52.4 Å². The van der Waals surface area contributed by atoms with Gasteiger partial charge in [-0.05, 0) is 43.4 Å². The number of aryl methyl sites for hydroxylation is 1. The quantitative estimate of drug-likeness (QED) is 0.324. The zero-order valence-corrected chi connectivity index (χ0v) is 28.6. The van der Waals surface area contributed by atoms with Crippen LogP contribution in [-0.4, -0.2) is 86.1 Å². The van der Waals surface area contributed by atoms with Gasteiger partial charge in [0, 0.05) is 77.7 Å². The van der Waals surface area contributed by atoms with E-state index in [0.29, 0.717) is 49.4 Å². The highest BCUT2D eigenvalue weighted by molar-refractivity contribution is 7.09. The number of hydrogen-bond acceptors (Lipinski definition) is 10. The number of benzene rings is 1. The van der Waals surface area contributed by atoms with Crippen LogP contribution < -0.4 is 11.1 Å². The number of piperazine rings is 1. The minimum Gasteiger partial charge on any atom is -0.466 e. The van der Waals surface area contributed by atoms with Crippen LogP contribution in [0.4, 0.5) is 0 Å². The lowest BCUT2D eigenvalue weighted by atomic mass is 9.78. The second-order valence-corrected chi connectivity index (χ2v) is 13.9. The minimum atomic E-state index is -1.04. The van der Waals surface area contributed by atoms with Gasteiger partial charge in [0.25, 0.3) is 0 Å². The molecule has 2 aliphatic heterocycles. The van der Waals surface area contributed by atoms with Crippen LogP contribution in [0.3, 0.4) is 0 Å². The second kappa shape index (κ2) is 15.3. The molecule has 1 aromatic heterocycles. The van der Waals surface area contributed by atoms with E-state index in [-0.39, 0.29) is 38.9 Å². The van der Waals surface area contributed by atoms with Crippen LogP contribution in [0.1, 0.15) is 55.0 Å². The van der Waals surface area contributed by atoms with E-state index in [2.05, 4.69) is 15.2 Å². The van der Waals surface area contributed by atoms with Crippen molar-refractivity contribution in [2.45, 2.75) is 50.9 Å². The van der Waals surface area contributed by atoms with Gasteiger partial charge in [-0.2, -0.15) is 0 Å². The molecule has 46 heavy (non-hydrogen) atoms. The molecule has 1 aliphatic carbocycles. The first-order valence-electron chi connectivity index (χ1n) is 15.6. The highest BCUT2D eigenvalue weighted by Crippen LogP contribution is 2.46. The lowest BCUT2D eigenvalue weighted by molar-refractivity contribution is -0.137. The zero-order valence-electron chi connectivity index (χ0n) is 26.3. The van der Waals surface area contributed by atoms with Gasteiger partial charge in [-0.25, -0.2) is 14.6 Å². The number of carbonyl (C=O) groups is 3. The molecule has 2 aromatic rings. The smallest absolute Gasteiger partial charge is 0.336 e. The number of hydrogen-bond donors (Lipinski definition) is 2. The van der Waals surface area contributed by atoms with Crippen LogP contribution in [0.5, 0.6) is 0 Å². The van der Waals surface area contributed by atoms with Crippen molar-refractivity contribution in [1.29, 1.82) is 0 Å². The summed E-state index contributed by atoms with van der Waals surface area (Å²) >= 11 is 14.9. The number of dihydropyridines is 1. The SMILES string of the molecule is COC(=O)C1=C(CCc2nccs2)NC(CC(=O)N2CCN(CC3(CN)CCCC3)CC2)=C(C(=O)OC)C1c1c(Cl)cccc1Cl. The fraction of sp³-hybridized carbons (Fsp3) is 0.515. The Bertz CT molecular complexity index is 1480. The summed E-state index contributed by atoms with van der Waals surface area (Å²) in [7, 11) is 2.54. The van der Waals surface area contributed by atoms with Gasteiger partial charge in [0.1, 0.15) is 0 Å². The molecule has 10 nitrogen and oxygen atoms in total. The predicted octanol–water partition coefficient (Wildman–Crippen LogP) is 4.68. The number of allylic oxidation sites excluding steroid dienone is 1. The molecule has 2 fully saturated rings. The maximum atomic E-state index is 13.9. The van der Waals surface area contributed by atoms with Crippen molar-refractivity contribution in [2.75, 3.05) is 53.5 Å². The third kappa shape index (κ3) is 7.44. The van der Waals surface area contributed by atoms with Gasteiger partial charge >= 0.3 is 11.9 Å². The Hall–Kier alpha value is -2.96. The number of methoxy groups -OCH3 is 2. The molecule has 1 unspecified atom stereocenters. The minimum absolute atomic E-state index is 0.0917. The average molecular weight is 691 g/mol. The van der Waals surface area contributed by atoms with Crippen molar-refractivity contribution in [2.24, 2.45) is 11.1 Å². The Labute approximate surface area is 283 Å². The Balaban J connectivity index is 1.47. The summed E-state index contributed by atoms with van der Waals surface area (Å²) in [6.07, 6.45) is 7.25. The van der Waals surface area contributed by atoms with E-state index in [4.69, 9.17) is 38.4 Å². The van der Waals surface area contributed by atoms with Gasteiger partial charge in [-0.3, -0.25) is 9.69 Å². The van der Waals surface area contributed by atoms with Crippen LogP contribution in [0.2, 0.25) is 10.0 Å². The van der Waals surface area contributed by atoms with Gasteiger partial charge in [-0.1, -0.05) is 42.1 Å².